The van der Waals surface area contributed by atoms with Gasteiger partial charge in [-0.15, -0.1) is 0 Å². The van der Waals surface area contributed by atoms with Gasteiger partial charge in [0.25, 0.3) is 0 Å². The average Bonchev–Trinajstić information content (AvgIpc) is 2.96. The first-order valence-corrected chi connectivity index (χ1v) is 6.73. The third-order valence-corrected chi connectivity index (χ3v) is 3.89. The van der Waals surface area contributed by atoms with Crippen molar-refractivity contribution in [1.82, 2.24) is 29.5 Å². The summed E-state index contributed by atoms with van der Waals surface area (Å²) >= 11 is 10.2. The molecule has 0 bridgehead atoms. The van der Waals surface area contributed by atoms with Crippen LogP contribution in [-0.4, -0.2) is 29.5 Å². The molecule has 0 aliphatic rings. The van der Waals surface area contributed by atoms with E-state index in [1.54, 1.807) is 0 Å². The molecule has 8 heteroatoms. The van der Waals surface area contributed by atoms with Crippen LogP contribution in [0, 0.1) is 9.54 Å². The Balaban J connectivity index is 2.04. The Morgan fingerprint density at radius 1 is 0.800 bits per heavy atom. The number of rotatable bonds is 2. The molecule has 0 fully saturated rings. The van der Waals surface area contributed by atoms with E-state index in [0.29, 0.717) is 9.54 Å². The second-order valence-corrected chi connectivity index (χ2v) is 5.17. The molecule has 6 nitrogen and oxygen atoms in total. The summed E-state index contributed by atoms with van der Waals surface area (Å²) in [5.41, 5.74) is 1.97. The second-order valence-electron chi connectivity index (χ2n) is 4.40. The zero-order chi connectivity index (χ0) is 14.3. The molecule has 20 heavy (non-hydrogen) atoms. The monoisotopic (exact) mass is 304 g/mol. The molecule has 102 valence electrons. The van der Waals surface area contributed by atoms with Crippen molar-refractivity contribution < 1.29 is 0 Å². The van der Waals surface area contributed by atoms with Gasteiger partial charge < -0.3 is 9.13 Å². The molecular weight excluding hydrogens is 292 g/mol. The van der Waals surface area contributed by atoms with E-state index in [0.717, 1.165) is 22.8 Å². The zero-order valence-electron chi connectivity index (χ0n) is 10.9. The van der Waals surface area contributed by atoms with E-state index in [4.69, 9.17) is 24.4 Å². The van der Waals surface area contributed by atoms with E-state index in [1.165, 1.54) is 0 Å². The van der Waals surface area contributed by atoms with Crippen molar-refractivity contribution in [2.24, 2.45) is 14.1 Å². The maximum Gasteiger partial charge on any atom is 0.195 e. The highest BCUT2D eigenvalue weighted by molar-refractivity contribution is 7.71. The molecule has 0 unspecified atom stereocenters. The van der Waals surface area contributed by atoms with Gasteiger partial charge in [-0.05, 0) is 24.4 Å². The third kappa shape index (κ3) is 2.02. The maximum absolute atomic E-state index is 5.11. The van der Waals surface area contributed by atoms with Crippen molar-refractivity contribution >= 4 is 24.4 Å². The Bertz CT molecular complexity index is 791. The number of benzene rings is 1. The Hall–Kier alpha value is -2.06. The largest absolute Gasteiger partial charge is 0.303 e. The van der Waals surface area contributed by atoms with Gasteiger partial charge in [0, 0.05) is 25.2 Å². The number of hydrogen-bond donors (Lipinski definition) is 2. The summed E-state index contributed by atoms with van der Waals surface area (Å²) in [7, 11) is 3.76. The molecule has 0 amide bonds. The predicted octanol–water partition coefficient (Wildman–Crippen LogP) is 2.60. The van der Waals surface area contributed by atoms with E-state index < -0.39 is 0 Å². The van der Waals surface area contributed by atoms with Crippen LogP contribution in [0.5, 0.6) is 0 Å². The SMILES string of the molecule is Cn1c(-c2ccc(-c3n[nH]c(=S)n3C)cc2)n[nH]c1=S. The van der Waals surface area contributed by atoms with Crippen molar-refractivity contribution in [3.05, 3.63) is 33.8 Å². The van der Waals surface area contributed by atoms with E-state index in [-0.39, 0.29) is 0 Å². The average molecular weight is 304 g/mol. The lowest BCUT2D eigenvalue weighted by molar-refractivity contribution is 0.900. The molecule has 0 saturated carbocycles. The lowest BCUT2D eigenvalue weighted by Gasteiger charge is -2.03. The molecule has 0 aliphatic carbocycles. The standard InChI is InChI=1S/C12H12N6S2/c1-17-9(13-15-11(17)19)7-3-5-8(6-4-7)10-14-16-12(20)18(10)2/h3-6H,1-2H3,(H,15,19)(H,16,20). The number of nitrogens with zero attached hydrogens (tertiary/aromatic N) is 4. The van der Waals surface area contributed by atoms with Gasteiger partial charge in [-0.2, -0.15) is 10.2 Å². The van der Waals surface area contributed by atoms with Crippen molar-refractivity contribution in [3.8, 4) is 22.8 Å². The number of hydrogen-bond acceptors (Lipinski definition) is 4. The number of aromatic nitrogens is 6. The molecular formula is C12H12N6S2. The number of aromatic amines is 2. The normalized spacial score (nSPS) is 10.9. The van der Waals surface area contributed by atoms with Crippen molar-refractivity contribution in [3.63, 3.8) is 0 Å². The Morgan fingerprint density at radius 3 is 1.40 bits per heavy atom. The predicted molar refractivity (Wildman–Crippen MR) is 81.2 cm³/mol. The van der Waals surface area contributed by atoms with E-state index in [9.17, 15) is 0 Å². The highest BCUT2D eigenvalue weighted by atomic mass is 32.1. The summed E-state index contributed by atoms with van der Waals surface area (Å²) in [6, 6.07) is 7.94. The molecule has 1 aromatic carbocycles. The first kappa shape index (κ1) is 12.9. The molecule has 2 heterocycles. The van der Waals surface area contributed by atoms with Gasteiger partial charge in [0.2, 0.25) is 0 Å². The topological polar surface area (TPSA) is 67.2 Å². The van der Waals surface area contributed by atoms with E-state index >= 15 is 0 Å². The minimum atomic E-state index is 0.596. The van der Waals surface area contributed by atoms with Gasteiger partial charge in [0.05, 0.1) is 0 Å². The van der Waals surface area contributed by atoms with Crippen LogP contribution in [0.4, 0.5) is 0 Å². The number of H-pyrrole nitrogens is 2. The van der Waals surface area contributed by atoms with Crippen LogP contribution in [0.1, 0.15) is 0 Å². The maximum atomic E-state index is 5.11. The van der Waals surface area contributed by atoms with Crippen molar-refractivity contribution in [2.45, 2.75) is 0 Å². The summed E-state index contributed by atoms with van der Waals surface area (Å²) in [5.74, 6) is 1.61. The van der Waals surface area contributed by atoms with Crippen LogP contribution >= 0.6 is 24.4 Å². The Labute approximate surface area is 125 Å². The minimum absolute atomic E-state index is 0.596. The van der Waals surface area contributed by atoms with Gasteiger partial charge in [-0.3, -0.25) is 10.2 Å². The Morgan fingerprint density at radius 2 is 1.15 bits per heavy atom. The van der Waals surface area contributed by atoms with Gasteiger partial charge in [0.1, 0.15) is 0 Å². The van der Waals surface area contributed by atoms with Gasteiger partial charge >= 0.3 is 0 Å². The van der Waals surface area contributed by atoms with Crippen LogP contribution in [0.3, 0.4) is 0 Å². The van der Waals surface area contributed by atoms with Gasteiger partial charge in [-0.1, -0.05) is 24.3 Å². The first-order valence-electron chi connectivity index (χ1n) is 5.91. The lowest BCUT2D eigenvalue weighted by Crippen LogP contribution is -1.94. The van der Waals surface area contributed by atoms with Gasteiger partial charge in [-0.25, -0.2) is 0 Å². The first-order chi connectivity index (χ1) is 9.58. The van der Waals surface area contributed by atoms with Crippen LogP contribution < -0.4 is 0 Å². The Kier molecular flexibility index (Phi) is 3.11. The summed E-state index contributed by atoms with van der Waals surface area (Å²) in [6.45, 7) is 0. The fourth-order valence-electron chi connectivity index (χ4n) is 1.98. The zero-order valence-corrected chi connectivity index (χ0v) is 12.5. The van der Waals surface area contributed by atoms with E-state index in [1.807, 2.05) is 47.5 Å². The van der Waals surface area contributed by atoms with Crippen molar-refractivity contribution in [2.75, 3.05) is 0 Å². The fraction of sp³-hybridized carbons (Fsp3) is 0.167. The highest BCUT2D eigenvalue weighted by Gasteiger charge is 2.08. The third-order valence-electron chi connectivity index (χ3n) is 3.16. The van der Waals surface area contributed by atoms with E-state index in [2.05, 4.69) is 20.4 Å². The molecule has 0 spiro atoms. The molecule has 3 aromatic rings. The minimum Gasteiger partial charge on any atom is -0.303 e. The lowest BCUT2D eigenvalue weighted by atomic mass is 10.1. The molecule has 3 rings (SSSR count). The molecule has 0 saturated heterocycles. The summed E-state index contributed by atoms with van der Waals surface area (Å²) in [5, 5.41) is 14.0. The molecule has 2 aromatic heterocycles. The van der Waals surface area contributed by atoms with Gasteiger partial charge in [0.15, 0.2) is 21.2 Å². The van der Waals surface area contributed by atoms with Crippen LogP contribution in [-0.2, 0) is 14.1 Å². The van der Waals surface area contributed by atoms with Crippen molar-refractivity contribution in [1.29, 1.82) is 0 Å². The summed E-state index contributed by atoms with van der Waals surface area (Å²) in [4.78, 5) is 0. The summed E-state index contributed by atoms with van der Waals surface area (Å²) in [6.07, 6.45) is 0. The smallest absolute Gasteiger partial charge is 0.195 e. The highest BCUT2D eigenvalue weighted by Crippen LogP contribution is 2.22. The molecule has 0 atom stereocenters. The summed E-state index contributed by atoms with van der Waals surface area (Å²) < 4.78 is 4.86. The fourth-order valence-corrected chi connectivity index (χ4v) is 2.24. The van der Waals surface area contributed by atoms with Crippen LogP contribution in [0.2, 0.25) is 0 Å². The molecule has 0 aliphatic heterocycles. The second kappa shape index (κ2) is 4.80. The molecule has 2 N–H and O–H groups in total. The quantitative estimate of drug-likeness (QED) is 0.714. The van der Waals surface area contributed by atoms with Crippen LogP contribution in [0.25, 0.3) is 22.8 Å². The molecule has 0 radical (unpaired) electrons. The number of nitrogens with one attached hydrogen (secondary N) is 2. The van der Waals surface area contributed by atoms with Crippen LogP contribution in [0.15, 0.2) is 24.3 Å².